The van der Waals surface area contributed by atoms with Crippen molar-refractivity contribution in [2.45, 2.75) is 39.7 Å². The van der Waals surface area contributed by atoms with Gasteiger partial charge in [-0.1, -0.05) is 0 Å². The molecule has 3 rings (SSSR count). The summed E-state index contributed by atoms with van der Waals surface area (Å²) in [5.41, 5.74) is 3.13. The maximum atomic E-state index is 4.57. The molecule has 1 aliphatic heterocycles. The number of hydrogen-bond donors (Lipinski definition) is 1. The third-order valence-corrected chi connectivity index (χ3v) is 3.52. The summed E-state index contributed by atoms with van der Waals surface area (Å²) >= 11 is 0. The number of aromatic nitrogens is 4. The van der Waals surface area contributed by atoms with Gasteiger partial charge in [-0.25, -0.2) is 15.0 Å². The summed E-state index contributed by atoms with van der Waals surface area (Å²) in [7, 11) is 0. The Bertz CT molecular complexity index is 569. The average Bonchev–Trinajstić information content (AvgIpc) is 2.95. The fraction of sp³-hybridized carbons (Fsp3) is 0.500. The Morgan fingerprint density at radius 1 is 1.21 bits per heavy atom. The van der Waals surface area contributed by atoms with Crippen molar-refractivity contribution in [2.75, 3.05) is 11.4 Å². The van der Waals surface area contributed by atoms with Crippen LogP contribution >= 0.6 is 0 Å². The first-order chi connectivity index (χ1) is 9.13. The summed E-state index contributed by atoms with van der Waals surface area (Å²) in [6, 6.07) is 2.28. The molecule has 0 unspecified atom stereocenters. The van der Waals surface area contributed by atoms with E-state index in [2.05, 4.69) is 24.8 Å². The number of nitrogens with zero attached hydrogens (tertiary/aromatic N) is 4. The molecule has 0 aromatic carbocycles. The van der Waals surface area contributed by atoms with E-state index in [-0.39, 0.29) is 6.04 Å². The van der Waals surface area contributed by atoms with Crippen LogP contribution in [0.1, 0.15) is 41.8 Å². The Hall–Kier alpha value is -1.91. The maximum Gasteiger partial charge on any atom is 0.226 e. The van der Waals surface area contributed by atoms with Crippen molar-refractivity contribution in [3.63, 3.8) is 0 Å². The Labute approximate surface area is 113 Å². The highest BCUT2D eigenvalue weighted by atomic mass is 15.3. The van der Waals surface area contributed by atoms with Crippen LogP contribution in [-0.2, 0) is 0 Å². The van der Waals surface area contributed by atoms with E-state index in [4.69, 9.17) is 0 Å². The van der Waals surface area contributed by atoms with E-state index in [9.17, 15) is 0 Å². The number of anilines is 1. The Morgan fingerprint density at radius 3 is 2.58 bits per heavy atom. The van der Waals surface area contributed by atoms with E-state index < -0.39 is 0 Å². The average molecular weight is 257 g/mol. The molecule has 100 valence electrons. The van der Waals surface area contributed by atoms with Crippen molar-refractivity contribution in [3.8, 4) is 0 Å². The van der Waals surface area contributed by atoms with Crippen LogP contribution in [0.2, 0.25) is 0 Å². The molecule has 19 heavy (non-hydrogen) atoms. The second-order valence-electron chi connectivity index (χ2n) is 5.25. The number of nitrogens with one attached hydrogen (secondary N) is 1. The van der Waals surface area contributed by atoms with Gasteiger partial charge in [-0.3, -0.25) is 0 Å². The van der Waals surface area contributed by atoms with Crippen LogP contribution in [0, 0.1) is 20.8 Å². The first-order valence-electron chi connectivity index (χ1n) is 6.74. The fourth-order valence-corrected chi connectivity index (χ4v) is 2.73. The highest BCUT2D eigenvalue weighted by Crippen LogP contribution is 2.33. The third kappa shape index (κ3) is 2.32. The lowest BCUT2D eigenvalue weighted by atomic mass is 10.2. The van der Waals surface area contributed by atoms with Crippen molar-refractivity contribution >= 4 is 5.95 Å². The van der Waals surface area contributed by atoms with Crippen LogP contribution in [0.15, 0.2) is 12.3 Å². The summed E-state index contributed by atoms with van der Waals surface area (Å²) in [6.07, 6.45) is 4.14. The molecule has 5 nitrogen and oxygen atoms in total. The topological polar surface area (TPSA) is 57.7 Å². The molecule has 0 saturated carbocycles. The summed E-state index contributed by atoms with van der Waals surface area (Å²) in [4.78, 5) is 19.2. The normalized spacial score (nSPS) is 19.1. The van der Waals surface area contributed by atoms with Gasteiger partial charge in [-0.05, 0) is 39.7 Å². The van der Waals surface area contributed by atoms with E-state index in [0.29, 0.717) is 0 Å². The van der Waals surface area contributed by atoms with Crippen LogP contribution in [0.25, 0.3) is 0 Å². The predicted molar refractivity (Wildman–Crippen MR) is 74.2 cm³/mol. The Balaban J connectivity index is 1.94. The molecular formula is C14H19N5. The molecule has 1 fully saturated rings. The van der Waals surface area contributed by atoms with E-state index in [1.165, 1.54) is 0 Å². The molecule has 1 saturated heterocycles. The summed E-state index contributed by atoms with van der Waals surface area (Å²) in [6.45, 7) is 7.05. The van der Waals surface area contributed by atoms with E-state index >= 15 is 0 Å². The quantitative estimate of drug-likeness (QED) is 0.898. The first kappa shape index (κ1) is 12.1. The molecule has 5 heteroatoms. The van der Waals surface area contributed by atoms with Gasteiger partial charge in [-0.2, -0.15) is 0 Å². The van der Waals surface area contributed by atoms with Gasteiger partial charge in [-0.15, -0.1) is 0 Å². The third-order valence-electron chi connectivity index (χ3n) is 3.52. The zero-order valence-electron chi connectivity index (χ0n) is 11.6. The zero-order valence-corrected chi connectivity index (χ0v) is 11.6. The van der Waals surface area contributed by atoms with Gasteiger partial charge < -0.3 is 9.88 Å². The first-order valence-corrected chi connectivity index (χ1v) is 6.74. The smallest absolute Gasteiger partial charge is 0.226 e. The summed E-state index contributed by atoms with van der Waals surface area (Å²) in [5.74, 6) is 1.85. The van der Waals surface area contributed by atoms with E-state index in [1.807, 2.05) is 33.0 Å². The summed E-state index contributed by atoms with van der Waals surface area (Å²) < 4.78 is 0. The largest absolute Gasteiger partial charge is 0.344 e. The molecule has 2 aromatic heterocycles. The molecule has 3 heterocycles. The molecule has 1 N–H and O–H groups in total. The maximum absolute atomic E-state index is 4.57. The molecule has 1 aliphatic rings. The van der Waals surface area contributed by atoms with Gasteiger partial charge >= 0.3 is 0 Å². The minimum absolute atomic E-state index is 0.273. The standard InChI is InChI=1S/C14H19N5/c1-9-7-10(2)18-14(17-9)19-6-4-5-12(19)13-15-8-11(3)16-13/h7-8,12H,4-6H2,1-3H3,(H,15,16)/t12-/m0/s1. The molecule has 1 atom stereocenters. The highest BCUT2D eigenvalue weighted by Gasteiger charge is 2.30. The molecular weight excluding hydrogens is 238 g/mol. The minimum Gasteiger partial charge on any atom is -0.344 e. The molecule has 0 spiro atoms. The highest BCUT2D eigenvalue weighted by molar-refractivity contribution is 5.37. The van der Waals surface area contributed by atoms with Gasteiger partial charge in [0.1, 0.15) is 5.82 Å². The fourth-order valence-electron chi connectivity index (χ4n) is 2.73. The lowest BCUT2D eigenvalue weighted by Crippen LogP contribution is -2.26. The molecule has 0 bridgehead atoms. The van der Waals surface area contributed by atoms with Crippen molar-refractivity contribution in [1.29, 1.82) is 0 Å². The van der Waals surface area contributed by atoms with Crippen LogP contribution in [0.5, 0.6) is 0 Å². The van der Waals surface area contributed by atoms with E-state index in [1.54, 1.807) is 0 Å². The Kier molecular flexibility index (Phi) is 2.97. The van der Waals surface area contributed by atoms with E-state index in [0.717, 1.165) is 48.2 Å². The summed E-state index contributed by atoms with van der Waals surface area (Å²) in [5, 5.41) is 0. The number of aromatic amines is 1. The van der Waals surface area contributed by atoms with Crippen molar-refractivity contribution < 1.29 is 0 Å². The van der Waals surface area contributed by atoms with Crippen LogP contribution in [-0.4, -0.2) is 26.5 Å². The van der Waals surface area contributed by atoms with Crippen molar-refractivity contribution in [2.24, 2.45) is 0 Å². The van der Waals surface area contributed by atoms with Crippen LogP contribution < -0.4 is 4.90 Å². The monoisotopic (exact) mass is 257 g/mol. The molecule has 0 radical (unpaired) electrons. The molecule has 2 aromatic rings. The SMILES string of the molecule is Cc1cc(C)nc(N2CCC[C@H]2c2ncc(C)[nH]2)n1. The number of hydrogen-bond acceptors (Lipinski definition) is 4. The second-order valence-corrected chi connectivity index (χ2v) is 5.25. The lowest BCUT2D eigenvalue weighted by molar-refractivity contribution is 0.659. The molecule has 0 aliphatic carbocycles. The van der Waals surface area contributed by atoms with Crippen molar-refractivity contribution in [1.82, 2.24) is 19.9 Å². The van der Waals surface area contributed by atoms with Gasteiger partial charge in [0.15, 0.2) is 0 Å². The van der Waals surface area contributed by atoms with Gasteiger partial charge in [0, 0.05) is 29.8 Å². The predicted octanol–water partition coefficient (Wildman–Crippen LogP) is 2.47. The van der Waals surface area contributed by atoms with Crippen molar-refractivity contribution in [3.05, 3.63) is 35.2 Å². The van der Waals surface area contributed by atoms with Gasteiger partial charge in [0.05, 0.1) is 6.04 Å². The van der Waals surface area contributed by atoms with Gasteiger partial charge in [0.2, 0.25) is 5.95 Å². The number of aryl methyl sites for hydroxylation is 3. The molecule has 0 amide bonds. The number of rotatable bonds is 2. The van der Waals surface area contributed by atoms with Crippen LogP contribution in [0.3, 0.4) is 0 Å². The Morgan fingerprint density at radius 2 is 1.95 bits per heavy atom. The number of H-pyrrole nitrogens is 1. The van der Waals surface area contributed by atoms with Gasteiger partial charge in [0.25, 0.3) is 0 Å². The second kappa shape index (κ2) is 4.64. The zero-order chi connectivity index (χ0) is 13.4. The van der Waals surface area contributed by atoms with Crippen LogP contribution in [0.4, 0.5) is 5.95 Å². The number of imidazole rings is 1. The minimum atomic E-state index is 0.273. The lowest BCUT2D eigenvalue weighted by Gasteiger charge is -2.23.